The van der Waals surface area contributed by atoms with Gasteiger partial charge in [-0.15, -0.1) is 0 Å². The Hall–Kier alpha value is -4.15. The SMILES string of the molecule is COc1ccc(C)cc1N(CC(=O)N(Cc1ccc(Br)cc1)C(Cc1ccccc1)C(=O)NC1CCCCC1)S(=O)(=O)c1ccccc1. The van der Waals surface area contributed by atoms with E-state index in [1.54, 1.807) is 30.3 Å². The molecule has 1 N–H and O–H groups in total. The molecule has 1 aliphatic rings. The van der Waals surface area contributed by atoms with Gasteiger partial charge in [0.15, 0.2) is 0 Å². The van der Waals surface area contributed by atoms with Crippen LogP contribution in [0.4, 0.5) is 5.69 Å². The zero-order valence-corrected chi connectivity index (χ0v) is 29.8. The van der Waals surface area contributed by atoms with Gasteiger partial charge in [0.25, 0.3) is 10.0 Å². The summed E-state index contributed by atoms with van der Waals surface area (Å²) in [5.41, 5.74) is 2.74. The number of nitrogens with zero attached hydrogens (tertiary/aromatic N) is 2. The molecular weight excluding hydrogens is 690 g/mol. The Morgan fingerprint density at radius 3 is 2.17 bits per heavy atom. The van der Waals surface area contributed by atoms with E-state index in [2.05, 4.69) is 21.2 Å². The van der Waals surface area contributed by atoms with Gasteiger partial charge >= 0.3 is 0 Å². The Labute approximate surface area is 292 Å². The molecule has 1 unspecified atom stereocenters. The van der Waals surface area contributed by atoms with Gasteiger partial charge in [0.1, 0.15) is 18.3 Å². The second-order valence-corrected chi connectivity index (χ2v) is 15.0. The molecule has 252 valence electrons. The molecule has 0 aliphatic heterocycles. The number of anilines is 1. The summed E-state index contributed by atoms with van der Waals surface area (Å²) in [7, 11) is -2.77. The molecule has 10 heteroatoms. The van der Waals surface area contributed by atoms with Crippen LogP contribution in [0.3, 0.4) is 0 Å². The molecule has 2 amide bonds. The molecule has 0 spiro atoms. The predicted octanol–water partition coefficient (Wildman–Crippen LogP) is 7.05. The maximum Gasteiger partial charge on any atom is 0.264 e. The molecule has 1 atom stereocenters. The molecule has 0 aromatic heterocycles. The van der Waals surface area contributed by atoms with Gasteiger partial charge in [0.05, 0.1) is 17.7 Å². The van der Waals surface area contributed by atoms with E-state index in [0.717, 1.165) is 57.6 Å². The third-order valence-corrected chi connectivity index (χ3v) is 11.0. The number of sulfonamides is 1. The van der Waals surface area contributed by atoms with E-state index in [0.29, 0.717) is 5.75 Å². The van der Waals surface area contributed by atoms with Crippen molar-refractivity contribution in [3.05, 3.63) is 124 Å². The van der Waals surface area contributed by atoms with Crippen molar-refractivity contribution < 1.29 is 22.7 Å². The van der Waals surface area contributed by atoms with Gasteiger partial charge in [-0.3, -0.25) is 13.9 Å². The van der Waals surface area contributed by atoms with Crippen molar-refractivity contribution in [2.24, 2.45) is 0 Å². The number of nitrogens with one attached hydrogen (secondary N) is 1. The number of carbonyl (C=O) groups excluding carboxylic acids is 2. The lowest BCUT2D eigenvalue weighted by molar-refractivity contribution is -0.140. The maximum absolute atomic E-state index is 14.8. The number of benzene rings is 4. The second-order valence-electron chi connectivity index (χ2n) is 12.2. The first kappa shape index (κ1) is 35.2. The van der Waals surface area contributed by atoms with Crippen LogP contribution in [0, 0.1) is 6.92 Å². The average molecular weight is 733 g/mol. The smallest absolute Gasteiger partial charge is 0.264 e. The van der Waals surface area contributed by atoms with Gasteiger partial charge in [-0.05, 0) is 72.9 Å². The van der Waals surface area contributed by atoms with Crippen LogP contribution in [0.15, 0.2) is 112 Å². The van der Waals surface area contributed by atoms with Crippen molar-refractivity contribution in [1.29, 1.82) is 0 Å². The van der Waals surface area contributed by atoms with Gasteiger partial charge in [0.2, 0.25) is 11.8 Å². The number of methoxy groups -OCH3 is 1. The van der Waals surface area contributed by atoms with Crippen LogP contribution in [0.25, 0.3) is 0 Å². The Kier molecular flexibility index (Phi) is 11.9. The summed E-state index contributed by atoms with van der Waals surface area (Å²) in [4.78, 5) is 30.6. The van der Waals surface area contributed by atoms with Crippen molar-refractivity contribution in [3.63, 3.8) is 0 Å². The highest BCUT2D eigenvalue weighted by atomic mass is 79.9. The summed E-state index contributed by atoms with van der Waals surface area (Å²) in [5, 5.41) is 3.24. The van der Waals surface area contributed by atoms with E-state index in [9.17, 15) is 18.0 Å². The van der Waals surface area contributed by atoms with Crippen molar-refractivity contribution in [2.75, 3.05) is 18.0 Å². The molecule has 1 fully saturated rings. The van der Waals surface area contributed by atoms with E-state index in [4.69, 9.17) is 4.74 Å². The van der Waals surface area contributed by atoms with Gasteiger partial charge < -0.3 is 15.0 Å². The van der Waals surface area contributed by atoms with Crippen LogP contribution in [0.5, 0.6) is 5.75 Å². The lowest BCUT2D eigenvalue weighted by Crippen LogP contribution is -2.55. The molecule has 5 rings (SSSR count). The summed E-state index contributed by atoms with van der Waals surface area (Å²) in [6, 6.07) is 29.5. The fourth-order valence-electron chi connectivity index (χ4n) is 6.11. The van der Waals surface area contributed by atoms with Gasteiger partial charge in [-0.2, -0.15) is 0 Å². The minimum Gasteiger partial charge on any atom is -0.495 e. The number of halogens is 1. The van der Waals surface area contributed by atoms with Crippen LogP contribution in [0.1, 0.15) is 48.8 Å². The zero-order chi connectivity index (χ0) is 34.1. The first-order valence-electron chi connectivity index (χ1n) is 16.3. The third-order valence-electron chi connectivity index (χ3n) is 8.70. The first-order chi connectivity index (χ1) is 23.2. The van der Waals surface area contributed by atoms with E-state index < -0.39 is 28.5 Å². The summed E-state index contributed by atoms with van der Waals surface area (Å²) in [6.45, 7) is 1.41. The molecule has 0 heterocycles. The van der Waals surface area contributed by atoms with E-state index in [1.807, 2.05) is 67.6 Å². The summed E-state index contributed by atoms with van der Waals surface area (Å²) in [6.07, 6.45) is 5.27. The fourth-order valence-corrected chi connectivity index (χ4v) is 7.81. The lowest BCUT2D eigenvalue weighted by Gasteiger charge is -2.35. The van der Waals surface area contributed by atoms with Crippen LogP contribution >= 0.6 is 15.9 Å². The minimum absolute atomic E-state index is 0.0284. The molecule has 1 saturated carbocycles. The van der Waals surface area contributed by atoms with Gasteiger partial charge in [0, 0.05) is 23.5 Å². The normalized spacial score (nSPS) is 14.1. The average Bonchev–Trinajstić information content (AvgIpc) is 3.10. The Bertz CT molecular complexity index is 1780. The molecule has 1 aliphatic carbocycles. The molecule has 8 nitrogen and oxygen atoms in total. The minimum atomic E-state index is -4.24. The molecule has 48 heavy (non-hydrogen) atoms. The van der Waals surface area contributed by atoms with Crippen LogP contribution in [-0.2, 0) is 32.6 Å². The number of carbonyl (C=O) groups is 2. The highest BCUT2D eigenvalue weighted by Crippen LogP contribution is 2.34. The number of ether oxygens (including phenoxy) is 1. The number of amides is 2. The molecule has 4 aromatic carbocycles. The van der Waals surface area contributed by atoms with Crippen molar-refractivity contribution >= 4 is 43.5 Å². The quantitative estimate of drug-likeness (QED) is 0.159. The molecular formula is C38H42BrN3O5S. The van der Waals surface area contributed by atoms with Crippen LogP contribution < -0.4 is 14.4 Å². The standard InChI is InChI=1S/C38H42BrN3O5S/c1-28-18-23-36(47-2)34(24-28)42(48(45,46)33-16-10-5-11-17-33)27-37(43)41(26-30-19-21-31(39)22-20-30)35(25-29-12-6-3-7-13-29)38(44)40-32-14-8-4-9-15-32/h3,5-7,10-13,16-24,32,35H,4,8-9,14-15,25-27H2,1-2H3,(H,40,44). The van der Waals surface area contributed by atoms with Crippen molar-refractivity contribution in [1.82, 2.24) is 10.2 Å². The van der Waals surface area contributed by atoms with E-state index >= 15 is 0 Å². The summed E-state index contributed by atoms with van der Waals surface area (Å²) < 4.78 is 36.3. The van der Waals surface area contributed by atoms with Crippen LogP contribution in [-0.4, -0.2) is 50.9 Å². The van der Waals surface area contributed by atoms with Crippen LogP contribution in [0.2, 0.25) is 0 Å². The Morgan fingerprint density at radius 1 is 0.875 bits per heavy atom. The third kappa shape index (κ3) is 8.85. The predicted molar refractivity (Wildman–Crippen MR) is 192 cm³/mol. The highest BCUT2D eigenvalue weighted by Gasteiger charge is 2.36. The van der Waals surface area contributed by atoms with Gasteiger partial charge in [-0.1, -0.05) is 102 Å². The molecule has 0 radical (unpaired) electrons. The second kappa shape index (κ2) is 16.3. The summed E-state index contributed by atoms with van der Waals surface area (Å²) >= 11 is 3.48. The largest absolute Gasteiger partial charge is 0.495 e. The number of aryl methyl sites for hydroxylation is 1. The number of hydrogen-bond acceptors (Lipinski definition) is 5. The monoisotopic (exact) mass is 731 g/mol. The van der Waals surface area contributed by atoms with E-state index in [1.165, 1.54) is 24.1 Å². The fraction of sp³-hybridized carbons (Fsp3) is 0.316. The maximum atomic E-state index is 14.8. The Morgan fingerprint density at radius 2 is 1.52 bits per heavy atom. The number of rotatable bonds is 13. The van der Waals surface area contributed by atoms with E-state index in [-0.39, 0.29) is 35.5 Å². The Balaban J connectivity index is 1.59. The lowest BCUT2D eigenvalue weighted by atomic mass is 9.94. The molecule has 0 saturated heterocycles. The molecule has 4 aromatic rings. The van der Waals surface area contributed by atoms with Crippen molar-refractivity contribution in [3.8, 4) is 5.75 Å². The number of hydrogen-bond donors (Lipinski definition) is 1. The first-order valence-corrected chi connectivity index (χ1v) is 18.5. The van der Waals surface area contributed by atoms with Crippen molar-refractivity contribution in [2.45, 2.75) is 69.0 Å². The zero-order valence-electron chi connectivity index (χ0n) is 27.3. The van der Waals surface area contributed by atoms with Gasteiger partial charge in [-0.25, -0.2) is 8.42 Å². The topological polar surface area (TPSA) is 96.0 Å². The molecule has 0 bridgehead atoms. The highest BCUT2D eigenvalue weighted by molar-refractivity contribution is 9.10. The summed E-state index contributed by atoms with van der Waals surface area (Å²) in [5.74, 6) is -0.453.